The Morgan fingerprint density at radius 1 is 1.44 bits per heavy atom. The van der Waals surface area contributed by atoms with Gasteiger partial charge in [0.25, 0.3) is 0 Å². The zero-order chi connectivity index (χ0) is 12.5. The zero-order valence-electron chi connectivity index (χ0n) is 9.58. The van der Waals surface area contributed by atoms with E-state index in [9.17, 15) is 9.50 Å². The summed E-state index contributed by atoms with van der Waals surface area (Å²) < 4.78 is 17.8. The molecule has 0 radical (unpaired) electrons. The van der Waals surface area contributed by atoms with Crippen molar-refractivity contribution in [1.29, 1.82) is 0 Å². The summed E-state index contributed by atoms with van der Waals surface area (Å²) >= 11 is 0. The first-order chi connectivity index (χ1) is 8.72. The highest BCUT2D eigenvalue weighted by molar-refractivity contribution is 5.47. The lowest BCUT2D eigenvalue weighted by Crippen LogP contribution is -2.12. The molecule has 0 bridgehead atoms. The number of aromatic nitrogens is 3. The van der Waals surface area contributed by atoms with Gasteiger partial charge in [-0.05, 0) is 30.9 Å². The number of nitrogens with zero attached hydrogens (tertiary/aromatic N) is 3. The van der Waals surface area contributed by atoms with E-state index in [2.05, 4.69) is 15.1 Å². The fraction of sp³-hybridized carbons (Fsp3) is 0.417. The van der Waals surface area contributed by atoms with Crippen molar-refractivity contribution in [2.45, 2.75) is 25.4 Å². The van der Waals surface area contributed by atoms with Crippen molar-refractivity contribution in [1.82, 2.24) is 15.1 Å². The topological polar surface area (TPSA) is 72.0 Å². The standard InChI is InChI=1S/C12H12FN3O2/c13-8-3-4-9(14-6-8)12-15-11(18-16-12)5-10(17)7-1-2-7/h3-4,6-7,10,17H,1-2,5H2. The van der Waals surface area contributed by atoms with E-state index in [1.165, 1.54) is 12.1 Å². The molecule has 1 fully saturated rings. The highest BCUT2D eigenvalue weighted by atomic mass is 19.1. The Morgan fingerprint density at radius 3 is 2.94 bits per heavy atom. The molecule has 0 spiro atoms. The molecule has 0 amide bonds. The molecule has 0 saturated heterocycles. The zero-order valence-corrected chi connectivity index (χ0v) is 9.58. The molecule has 0 aliphatic heterocycles. The van der Waals surface area contributed by atoms with E-state index < -0.39 is 11.9 Å². The van der Waals surface area contributed by atoms with Crippen LogP contribution >= 0.6 is 0 Å². The molecule has 0 aromatic carbocycles. The van der Waals surface area contributed by atoms with Crippen LogP contribution in [0, 0.1) is 11.7 Å². The fourth-order valence-corrected chi connectivity index (χ4v) is 1.78. The first-order valence-electron chi connectivity index (χ1n) is 5.85. The Hall–Kier alpha value is -1.82. The van der Waals surface area contributed by atoms with Crippen molar-refractivity contribution >= 4 is 0 Å². The van der Waals surface area contributed by atoms with Crippen molar-refractivity contribution in [3.05, 3.63) is 30.0 Å². The third-order valence-electron chi connectivity index (χ3n) is 2.97. The lowest BCUT2D eigenvalue weighted by atomic mass is 10.2. The summed E-state index contributed by atoms with van der Waals surface area (Å²) in [5, 5.41) is 13.5. The number of hydrogen-bond acceptors (Lipinski definition) is 5. The summed E-state index contributed by atoms with van der Waals surface area (Å²) in [7, 11) is 0. The number of aliphatic hydroxyl groups excluding tert-OH is 1. The molecule has 2 heterocycles. The van der Waals surface area contributed by atoms with Crippen molar-refractivity contribution < 1.29 is 14.0 Å². The predicted molar refractivity (Wildman–Crippen MR) is 59.9 cm³/mol. The summed E-state index contributed by atoms with van der Waals surface area (Å²) in [5.74, 6) is 0.652. The maximum absolute atomic E-state index is 12.7. The average Bonchev–Trinajstić information content (AvgIpc) is 3.12. The van der Waals surface area contributed by atoms with Crippen LogP contribution in [-0.2, 0) is 6.42 Å². The highest BCUT2D eigenvalue weighted by Gasteiger charge is 2.31. The van der Waals surface area contributed by atoms with E-state index in [0.717, 1.165) is 19.0 Å². The van der Waals surface area contributed by atoms with Gasteiger partial charge in [-0.15, -0.1) is 0 Å². The molecular weight excluding hydrogens is 237 g/mol. The normalized spacial score (nSPS) is 16.8. The molecule has 1 N–H and O–H groups in total. The summed E-state index contributed by atoms with van der Waals surface area (Å²) in [6.45, 7) is 0. The number of halogens is 1. The van der Waals surface area contributed by atoms with Gasteiger partial charge in [-0.2, -0.15) is 4.98 Å². The van der Waals surface area contributed by atoms with E-state index in [1.54, 1.807) is 0 Å². The minimum absolute atomic E-state index is 0.313. The largest absolute Gasteiger partial charge is 0.392 e. The van der Waals surface area contributed by atoms with Crippen molar-refractivity contribution in [3.8, 4) is 11.5 Å². The van der Waals surface area contributed by atoms with E-state index in [0.29, 0.717) is 29.7 Å². The van der Waals surface area contributed by atoms with Crippen LogP contribution in [0.4, 0.5) is 4.39 Å². The first-order valence-corrected chi connectivity index (χ1v) is 5.85. The van der Waals surface area contributed by atoms with E-state index in [1.807, 2.05) is 0 Å². The molecule has 1 atom stereocenters. The van der Waals surface area contributed by atoms with Crippen LogP contribution in [0.5, 0.6) is 0 Å². The molecule has 6 heteroatoms. The molecule has 5 nitrogen and oxygen atoms in total. The van der Waals surface area contributed by atoms with Gasteiger partial charge in [-0.25, -0.2) is 9.37 Å². The van der Waals surface area contributed by atoms with Gasteiger partial charge >= 0.3 is 0 Å². The van der Waals surface area contributed by atoms with Crippen LogP contribution in [0.3, 0.4) is 0 Å². The van der Waals surface area contributed by atoms with Gasteiger partial charge < -0.3 is 9.63 Å². The summed E-state index contributed by atoms with van der Waals surface area (Å²) in [5.41, 5.74) is 0.451. The number of rotatable bonds is 4. The Kier molecular flexibility index (Phi) is 2.79. The second kappa shape index (κ2) is 4.45. The monoisotopic (exact) mass is 249 g/mol. The molecule has 3 rings (SSSR count). The number of aliphatic hydroxyl groups is 1. The molecule has 1 saturated carbocycles. The van der Waals surface area contributed by atoms with E-state index >= 15 is 0 Å². The third-order valence-corrected chi connectivity index (χ3v) is 2.97. The SMILES string of the molecule is OC(Cc1nc(-c2ccc(F)cn2)no1)C1CC1. The first kappa shape index (κ1) is 11.3. The summed E-state index contributed by atoms with van der Waals surface area (Å²) in [6, 6.07) is 2.78. The average molecular weight is 249 g/mol. The second-order valence-electron chi connectivity index (χ2n) is 4.48. The maximum Gasteiger partial charge on any atom is 0.229 e. The van der Waals surface area contributed by atoms with E-state index in [4.69, 9.17) is 4.52 Å². The minimum atomic E-state index is -0.417. The molecular formula is C12H12FN3O2. The predicted octanol–water partition coefficient (Wildman–Crippen LogP) is 1.58. The molecule has 2 aromatic heterocycles. The molecule has 18 heavy (non-hydrogen) atoms. The van der Waals surface area contributed by atoms with Crippen molar-refractivity contribution in [2.75, 3.05) is 0 Å². The minimum Gasteiger partial charge on any atom is -0.392 e. The molecule has 94 valence electrons. The molecule has 2 aromatic rings. The van der Waals surface area contributed by atoms with Gasteiger partial charge in [0.1, 0.15) is 11.5 Å². The van der Waals surface area contributed by atoms with Crippen LogP contribution in [0.2, 0.25) is 0 Å². The van der Waals surface area contributed by atoms with Gasteiger partial charge in [0, 0.05) is 0 Å². The van der Waals surface area contributed by atoms with Gasteiger partial charge in [0.2, 0.25) is 11.7 Å². The Balaban J connectivity index is 1.74. The van der Waals surface area contributed by atoms with Gasteiger partial charge in [0.15, 0.2) is 0 Å². The van der Waals surface area contributed by atoms with Gasteiger partial charge in [-0.1, -0.05) is 5.16 Å². The number of hydrogen-bond donors (Lipinski definition) is 1. The van der Waals surface area contributed by atoms with Gasteiger partial charge in [-0.3, -0.25) is 0 Å². The molecule has 1 aliphatic rings. The van der Waals surface area contributed by atoms with Crippen molar-refractivity contribution in [2.24, 2.45) is 5.92 Å². The van der Waals surface area contributed by atoms with Crippen LogP contribution in [0.25, 0.3) is 11.5 Å². The Labute approximate surface area is 103 Å². The maximum atomic E-state index is 12.7. The lowest BCUT2D eigenvalue weighted by molar-refractivity contribution is 0.140. The summed E-state index contributed by atoms with van der Waals surface area (Å²) in [6.07, 6.45) is 3.16. The fourth-order valence-electron chi connectivity index (χ4n) is 1.78. The molecule has 1 unspecified atom stereocenters. The van der Waals surface area contributed by atoms with Crippen LogP contribution in [0.1, 0.15) is 18.7 Å². The smallest absolute Gasteiger partial charge is 0.229 e. The quantitative estimate of drug-likeness (QED) is 0.890. The highest BCUT2D eigenvalue weighted by Crippen LogP contribution is 2.33. The Morgan fingerprint density at radius 2 is 2.28 bits per heavy atom. The second-order valence-corrected chi connectivity index (χ2v) is 4.48. The Bertz CT molecular complexity index is 537. The third kappa shape index (κ3) is 2.38. The lowest BCUT2D eigenvalue weighted by Gasteiger charge is -2.03. The van der Waals surface area contributed by atoms with Crippen LogP contribution in [0.15, 0.2) is 22.9 Å². The van der Waals surface area contributed by atoms with Crippen LogP contribution in [-0.4, -0.2) is 26.3 Å². The number of pyridine rings is 1. The van der Waals surface area contributed by atoms with Crippen molar-refractivity contribution in [3.63, 3.8) is 0 Å². The van der Waals surface area contributed by atoms with E-state index in [-0.39, 0.29) is 0 Å². The molecule has 1 aliphatic carbocycles. The summed E-state index contributed by atoms with van der Waals surface area (Å²) in [4.78, 5) is 8.00. The van der Waals surface area contributed by atoms with Gasteiger partial charge in [0.05, 0.1) is 18.7 Å². The van der Waals surface area contributed by atoms with Crippen LogP contribution < -0.4 is 0 Å².